The minimum absolute atomic E-state index is 0.0957. The van der Waals surface area contributed by atoms with Gasteiger partial charge in [-0.3, -0.25) is 0 Å². The van der Waals surface area contributed by atoms with E-state index in [0.29, 0.717) is 5.92 Å². The van der Waals surface area contributed by atoms with E-state index in [1.54, 1.807) is 31.0 Å². The van der Waals surface area contributed by atoms with E-state index in [9.17, 15) is 4.39 Å². The molecule has 0 aliphatic carbocycles. The van der Waals surface area contributed by atoms with Crippen molar-refractivity contribution in [3.05, 3.63) is 59.4 Å². The maximum absolute atomic E-state index is 14.3. The SMILES string of the molecule is COC(c1cc(F)cc(SCc2ccc(N(C)C(C)=S)cc2)c1)C1CCOCC1. The molecule has 3 rings (SSSR count). The van der Waals surface area contributed by atoms with Crippen molar-refractivity contribution >= 4 is 34.7 Å². The Labute approximate surface area is 182 Å². The number of benzene rings is 2. The zero-order valence-corrected chi connectivity index (χ0v) is 18.8. The Balaban J connectivity index is 1.69. The van der Waals surface area contributed by atoms with Gasteiger partial charge >= 0.3 is 0 Å². The van der Waals surface area contributed by atoms with Crippen molar-refractivity contribution in [3.63, 3.8) is 0 Å². The molecule has 6 heteroatoms. The molecule has 156 valence electrons. The van der Waals surface area contributed by atoms with E-state index in [2.05, 4.69) is 30.3 Å². The summed E-state index contributed by atoms with van der Waals surface area (Å²) in [4.78, 5) is 3.73. The molecule has 0 spiro atoms. The Bertz CT molecular complexity index is 822. The standard InChI is InChI=1S/C23H28FNO2S2/c1-16(28)25(2)21-6-4-17(5-7-21)15-29-22-13-19(12-20(24)14-22)23(26-3)18-8-10-27-11-9-18/h4-7,12-14,18,23H,8-11,15H2,1-3H3. The van der Waals surface area contributed by atoms with E-state index >= 15 is 0 Å². The molecule has 2 aromatic rings. The topological polar surface area (TPSA) is 21.7 Å². The number of methoxy groups -OCH3 is 1. The van der Waals surface area contributed by atoms with Gasteiger partial charge in [0.1, 0.15) is 5.82 Å². The number of thioether (sulfide) groups is 1. The van der Waals surface area contributed by atoms with Crippen molar-refractivity contribution in [2.75, 3.05) is 32.3 Å². The highest BCUT2D eigenvalue weighted by Crippen LogP contribution is 2.35. The van der Waals surface area contributed by atoms with Crippen LogP contribution in [-0.4, -0.2) is 32.4 Å². The molecule has 3 nitrogen and oxygen atoms in total. The summed E-state index contributed by atoms with van der Waals surface area (Å²) in [6.45, 7) is 3.40. The first-order chi connectivity index (χ1) is 14.0. The third kappa shape index (κ3) is 6.01. The molecule has 1 fully saturated rings. The summed E-state index contributed by atoms with van der Waals surface area (Å²) in [5.41, 5.74) is 3.17. The van der Waals surface area contributed by atoms with Crippen molar-refractivity contribution in [1.29, 1.82) is 0 Å². The Morgan fingerprint density at radius 1 is 1.24 bits per heavy atom. The fourth-order valence-corrected chi connectivity index (χ4v) is 4.66. The van der Waals surface area contributed by atoms with Crippen LogP contribution in [0.25, 0.3) is 0 Å². The molecule has 2 aromatic carbocycles. The van der Waals surface area contributed by atoms with Crippen LogP contribution in [-0.2, 0) is 15.2 Å². The van der Waals surface area contributed by atoms with Gasteiger partial charge in [-0.2, -0.15) is 0 Å². The van der Waals surface area contributed by atoms with Gasteiger partial charge in [0, 0.05) is 43.7 Å². The molecule has 1 atom stereocenters. The minimum atomic E-state index is -0.215. The van der Waals surface area contributed by atoms with Crippen LogP contribution in [0.5, 0.6) is 0 Å². The number of nitrogens with zero attached hydrogens (tertiary/aromatic N) is 1. The molecule has 29 heavy (non-hydrogen) atoms. The van der Waals surface area contributed by atoms with Crippen molar-refractivity contribution in [2.45, 2.75) is 36.5 Å². The number of hydrogen-bond acceptors (Lipinski definition) is 4. The first kappa shape index (κ1) is 22.2. The maximum Gasteiger partial charge on any atom is 0.124 e. The number of thiocarbonyl (C=S) groups is 1. The lowest BCUT2D eigenvalue weighted by Gasteiger charge is -2.29. The van der Waals surface area contributed by atoms with Gasteiger partial charge in [-0.05, 0) is 67.1 Å². The third-order valence-corrected chi connectivity index (χ3v) is 6.69. The largest absolute Gasteiger partial charge is 0.381 e. The van der Waals surface area contributed by atoms with E-state index in [0.717, 1.165) is 52.9 Å². The zero-order valence-electron chi connectivity index (χ0n) is 17.2. The summed E-state index contributed by atoms with van der Waals surface area (Å²) in [5.74, 6) is 0.924. The van der Waals surface area contributed by atoms with Gasteiger partial charge in [0.05, 0.1) is 11.1 Å². The quantitative estimate of drug-likeness (QED) is 0.392. The predicted molar refractivity (Wildman–Crippen MR) is 122 cm³/mol. The highest BCUT2D eigenvalue weighted by molar-refractivity contribution is 7.98. The average molecular weight is 434 g/mol. The average Bonchev–Trinajstić information content (AvgIpc) is 2.73. The fraction of sp³-hybridized carbons (Fsp3) is 0.435. The number of hydrogen-bond donors (Lipinski definition) is 0. The van der Waals surface area contributed by atoms with Crippen LogP contribution in [0.4, 0.5) is 10.1 Å². The van der Waals surface area contributed by atoms with Crippen LogP contribution in [0, 0.1) is 11.7 Å². The maximum atomic E-state index is 14.3. The lowest BCUT2D eigenvalue weighted by molar-refractivity contribution is -0.0146. The molecule has 1 aliphatic heterocycles. The summed E-state index contributed by atoms with van der Waals surface area (Å²) in [6.07, 6.45) is 1.79. The Kier molecular flexibility index (Phi) is 8.07. The summed E-state index contributed by atoms with van der Waals surface area (Å²) >= 11 is 6.86. The van der Waals surface area contributed by atoms with Crippen LogP contribution >= 0.6 is 24.0 Å². The molecule has 0 N–H and O–H groups in total. The second-order valence-corrected chi connectivity index (χ2v) is 9.00. The van der Waals surface area contributed by atoms with Crippen molar-refractivity contribution in [3.8, 4) is 0 Å². The molecular formula is C23H28FNO2S2. The van der Waals surface area contributed by atoms with Crippen LogP contribution in [0.15, 0.2) is 47.4 Å². The normalized spacial score (nSPS) is 15.9. The summed E-state index contributed by atoms with van der Waals surface area (Å²) in [7, 11) is 3.67. The van der Waals surface area contributed by atoms with Crippen LogP contribution in [0.1, 0.15) is 37.0 Å². The Morgan fingerprint density at radius 3 is 2.55 bits per heavy atom. The van der Waals surface area contributed by atoms with Gasteiger partial charge in [0.15, 0.2) is 0 Å². The number of rotatable bonds is 7. The van der Waals surface area contributed by atoms with Gasteiger partial charge < -0.3 is 14.4 Å². The van der Waals surface area contributed by atoms with E-state index in [4.69, 9.17) is 21.7 Å². The molecule has 0 bridgehead atoms. The van der Waals surface area contributed by atoms with Gasteiger partial charge in [-0.1, -0.05) is 24.4 Å². The van der Waals surface area contributed by atoms with Gasteiger partial charge in [-0.25, -0.2) is 4.39 Å². The van der Waals surface area contributed by atoms with Crippen molar-refractivity contribution < 1.29 is 13.9 Å². The number of anilines is 1. The van der Waals surface area contributed by atoms with Crippen molar-refractivity contribution in [1.82, 2.24) is 0 Å². The Hall–Kier alpha value is -1.47. The molecular weight excluding hydrogens is 405 g/mol. The smallest absolute Gasteiger partial charge is 0.124 e. The number of halogens is 1. The molecule has 1 unspecified atom stereocenters. The summed E-state index contributed by atoms with van der Waals surface area (Å²) in [5, 5.41) is 0. The predicted octanol–water partition coefficient (Wildman–Crippen LogP) is 6.02. The van der Waals surface area contributed by atoms with E-state index in [-0.39, 0.29) is 11.9 Å². The Morgan fingerprint density at radius 2 is 1.93 bits per heavy atom. The highest BCUT2D eigenvalue weighted by atomic mass is 32.2. The van der Waals surface area contributed by atoms with Gasteiger partial charge in [-0.15, -0.1) is 11.8 Å². The summed E-state index contributed by atoms with van der Waals surface area (Å²) in [6, 6.07) is 13.6. The molecule has 1 saturated heterocycles. The van der Waals surface area contributed by atoms with E-state index in [1.165, 1.54) is 5.56 Å². The first-order valence-corrected chi connectivity index (χ1v) is 11.2. The molecule has 1 heterocycles. The molecule has 0 aromatic heterocycles. The number of ether oxygens (including phenoxy) is 2. The summed E-state index contributed by atoms with van der Waals surface area (Å²) < 4.78 is 25.5. The van der Waals surface area contributed by atoms with E-state index < -0.39 is 0 Å². The third-order valence-electron chi connectivity index (χ3n) is 5.37. The molecule has 0 amide bonds. The lowest BCUT2D eigenvalue weighted by atomic mass is 9.89. The fourth-order valence-electron chi connectivity index (χ4n) is 3.62. The minimum Gasteiger partial charge on any atom is -0.381 e. The van der Waals surface area contributed by atoms with Crippen molar-refractivity contribution in [2.24, 2.45) is 5.92 Å². The molecule has 1 aliphatic rings. The van der Waals surface area contributed by atoms with Crippen LogP contribution < -0.4 is 4.90 Å². The monoisotopic (exact) mass is 433 g/mol. The lowest BCUT2D eigenvalue weighted by Crippen LogP contribution is -2.23. The van der Waals surface area contributed by atoms with Crippen LogP contribution in [0.3, 0.4) is 0 Å². The van der Waals surface area contributed by atoms with Crippen LogP contribution in [0.2, 0.25) is 0 Å². The molecule has 0 saturated carbocycles. The second-order valence-electron chi connectivity index (χ2n) is 7.36. The van der Waals surface area contributed by atoms with Gasteiger partial charge in [0.25, 0.3) is 0 Å². The van der Waals surface area contributed by atoms with Gasteiger partial charge in [0.2, 0.25) is 0 Å². The second kappa shape index (κ2) is 10.5. The highest BCUT2D eigenvalue weighted by Gasteiger charge is 2.26. The molecule has 0 radical (unpaired) electrons. The van der Waals surface area contributed by atoms with E-state index in [1.807, 2.05) is 18.9 Å². The zero-order chi connectivity index (χ0) is 20.8. The first-order valence-electron chi connectivity index (χ1n) is 9.85.